The SMILES string of the molecule is COC12CCC(NC(=O)CCCCCc3ccccc3)CC1(c1cccc(O)c1)CCN(CC1CC1)C2. The number of unbranched alkanes of at least 4 members (excludes halogenated alkanes) is 2. The third-order valence-corrected chi connectivity index (χ3v) is 9.28. The fraction of sp³-hybridized carbons (Fsp3) is 0.594. The second-order valence-corrected chi connectivity index (χ2v) is 11.8. The van der Waals surface area contributed by atoms with Gasteiger partial charge < -0.3 is 20.1 Å². The molecule has 2 aromatic rings. The van der Waals surface area contributed by atoms with E-state index in [-0.39, 0.29) is 23.0 Å². The maximum Gasteiger partial charge on any atom is 0.220 e. The van der Waals surface area contributed by atoms with Gasteiger partial charge in [-0.3, -0.25) is 4.79 Å². The van der Waals surface area contributed by atoms with Crippen molar-refractivity contribution in [1.82, 2.24) is 10.2 Å². The van der Waals surface area contributed by atoms with E-state index in [4.69, 9.17) is 4.74 Å². The van der Waals surface area contributed by atoms with Gasteiger partial charge in [0.2, 0.25) is 5.91 Å². The molecule has 5 rings (SSSR count). The number of piperidine rings is 1. The molecule has 3 fully saturated rings. The number of methoxy groups -OCH3 is 1. The molecule has 1 saturated heterocycles. The monoisotopic (exact) mass is 504 g/mol. The number of carbonyl (C=O) groups is 1. The van der Waals surface area contributed by atoms with Crippen LogP contribution in [0, 0.1) is 5.92 Å². The first-order valence-corrected chi connectivity index (χ1v) is 14.4. The van der Waals surface area contributed by atoms with Gasteiger partial charge in [-0.15, -0.1) is 0 Å². The van der Waals surface area contributed by atoms with Crippen LogP contribution in [0.5, 0.6) is 5.75 Å². The van der Waals surface area contributed by atoms with E-state index in [0.29, 0.717) is 12.2 Å². The second-order valence-electron chi connectivity index (χ2n) is 11.8. The molecule has 1 amide bonds. The lowest BCUT2D eigenvalue weighted by atomic mass is 9.55. The number of aryl methyl sites for hydroxylation is 1. The lowest BCUT2D eigenvalue weighted by Gasteiger charge is -2.60. The number of rotatable bonds is 11. The molecule has 1 heterocycles. The van der Waals surface area contributed by atoms with Crippen LogP contribution in [-0.2, 0) is 21.4 Å². The summed E-state index contributed by atoms with van der Waals surface area (Å²) in [6.07, 6.45) is 11.2. The van der Waals surface area contributed by atoms with Crippen molar-refractivity contribution < 1.29 is 14.6 Å². The first-order valence-electron chi connectivity index (χ1n) is 14.4. The zero-order chi connectivity index (χ0) is 25.7. The molecule has 5 heteroatoms. The molecule has 2 aliphatic carbocycles. The van der Waals surface area contributed by atoms with Gasteiger partial charge in [-0.2, -0.15) is 0 Å². The summed E-state index contributed by atoms with van der Waals surface area (Å²) in [7, 11) is 1.87. The molecule has 3 atom stereocenters. The molecular formula is C32H44N2O3. The maximum absolute atomic E-state index is 12.9. The highest BCUT2D eigenvalue weighted by atomic mass is 16.5. The summed E-state index contributed by atoms with van der Waals surface area (Å²) in [5.41, 5.74) is 2.01. The molecule has 0 spiro atoms. The van der Waals surface area contributed by atoms with Gasteiger partial charge >= 0.3 is 0 Å². The van der Waals surface area contributed by atoms with Crippen molar-refractivity contribution in [3.8, 4) is 5.75 Å². The number of benzene rings is 2. The second kappa shape index (κ2) is 11.6. The van der Waals surface area contributed by atoms with E-state index < -0.39 is 0 Å². The highest BCUT2D eigenvalue weighted by Crippen LogP contribution is 2.54. The van der Waals surface area contributed by atoms with E-state index in [0.717, 1.165) is 75.9 Å². The first-order chi connectivity index (χ1) is 18.0. The van der Waals surface area contributed by atoms with Crippen molar-refractivity contribution >= 4 is 5.91 Å². The number of nitrogens with zero attached hydrogens (tertiary/aromatic N) is 1. The highest BCUT2D eigenvalue weighted by molar-refractivity contribution is 5.76. The van der Waals surface area contributed by atoms with E-state index in [1.807, 2.05) is 19.2 Å². The number of fused-ring (bicyclic) bond motifs is 1. The number of amides is 1. The zero-order valence-corrected chi connectivity index (χ0v) is 22.5. The molecule has 0 bridgehead atoms. The van der Waals surface area contributed by atoms with E-state index in [2.05, 4.69) is 46.6 Å². The van der Waals surface area contributed by atoms with Crippen LogP contribution in [0.3, 0.4) is 0 Å². The first kappa shape index (κ1) is 26.2. The molecule has 3 aliphatic rings. The molecular weight excluding hydrogens is 460 g/mol. The molecule has 1 aliphatic heterocycles. The number of ether oxygens (including phenoxy) is 1. The van der Waals surface area contributed by atoms with Gasteiger partial charge in [-0.25, -0.2) is 0 Å². The lowest BCUT2D eigenvalue weighted by molar-refractivity contribution is -0.151. The minimum absolute atomic E-state index is 0.137. The normalized spacial score (nSPS) is 28.0. The van der Waals surface area contributed by atoms with Crippen molar-refractivity contribution in [3.05, 3.63) is 65.7 Å². The summed E-state index contributed by atoms with van der Waals surface area (Å²) in [5, 5.41) is 13.8. The van der Waals surface area contributed by atoms with Crippen LogP contribution >= 0.6 is 0 Å². The lowest BCUT2D eigenvalue weighted by Crippen LogP contribution is -2.68. The minimum Gasteiger partial charge on any atom is -0.508 e. The van der Waals surface area contributed by atoms with Crippen molar-refractivity contribution in [2.24, 2.45) is 5.92 Å². The Morgan fingerprint density at radius 1 is 1.05 bits per heavy atom. The maximum atomic E-state index is 12.9. The minimum atomic E-state index is -0.299. The smallest absolute Gasteiger partial charge is 0.220 e. The van der Waals surface area contributed by atoms with Crippen LogP contribution in [0.15, 0.2) is 54.6 Å². The fourth-order valence-electron chi connectivity index (χ4n) is 7.08. The molecule has 5 nitrogen and oxygen atoms in total. The van der Waals surface area contributed by atoms with Gasteiger partial charge in [-0.1, -0.05) is 48.9 Å². The van der Waals surface area contributed by atoms with Gasteiger partial charge in [-0.05, 0) is 93.5 Å². The largest absolute Gasteiger partial charge is 0.508 e. The average molecular weight is 505 g/mol. The standard InChI is InChI=1S/C32H44N2O3/c1-37-32-18-17-28(33-30(36)14-7-3-6-11-25-9-4-2-5-10-25)22-31(32,27-12-8-13-29(35)21-27)19-20-34(24-32)23-26-15-16-26/h2,4-5,8-10,12-13,21,26,28,35H,3,6-7,11,14-20,22-24H2,1H3,(H,33,36). The third kappa shape index (κ3) is 6.04. The zero-order valence-electron chi connectivity index (χ0n) is 22.5. The number of hydrogen-bond donors (Lipinski definition) is 2. The Morgan fingerprint density at radius 3 is 2.65 bits per heavy atom. The Bertz CT molecular complexity index is 1040. The van der Waals surface area contributed by atoms with Crippen LogP contribution in [0.2, 0.25) is 0 Å². The Morgan fingerprint density at radius 2 is 1.89 bits per heavy atom. The number of phenolic OH excluding ortho intramolecular Hbond substituents is 1. The molecule has 2 aromatic carbocycles. The predicted molar refractivity (Wildman–Crippen MR) is 148 cm³/mol. The molecule has 200 valence electrons. The summed E-state index contributed by atoms with van der Waals surface area (Å²) in [6.45, 7) is 3.14. The molecule has 2 saturated carbocycles. The van der Waals surface area contributed by atoms with Crippen molar-refractivity contribution in [1.29, 1.82) is 0 Å². The van der Waals surface area contributed by atoms with Crippen molar-refractivity contribution in [3.63, 3.8) is 0 Å². The Balaban J connectivity index is 1.22. The van der Waals surface area contributed by atoms with Crippen molar-refractivity contribution in [2.45, 2.75) is 87.7 Å². The van der Waals surface area contributed by atoms with Crippen LogP contribution in [0.4, 0.5) is 0 Å². The van der Waals surface area contributed by atoms with Crippen molar-refractivity contribution in [2.75, 3.05) is 26.7 Å². The number of aromatic hydroxyl groups is 1. The molecule has 0 radical (unpaired) electrons. The topological polar surface area (TPSA) is 61.8 Å². The van der Waals surface area contributed by atoms with Crippen LogP contribution < -0.4 is 5.32 Å². The Kier molecular flexibility index (Phi) is 8.21. The average Bonchev–Trinajstić information content (AvgIpc) is 3.73. The quantitative estimate of drug-likeness (QED) is 0.391. The molecule has 0 aromatic heterocycles. The molecule has 2 N–H and O–H groups in total. The summed E-state index contributed by atoms with van der Waals surface area (Å²) in [4.78, 5) is 15.5. The Labute approximate surface area is 222 Å². The van der Waals surface area contributed by atoms with Gasteiger partial charge in [0.15, 0.2) is 0 Å². The van der Waals surface area contributed by atoms with Gasteiger partial charge in [0.05, 0.1) is 5.60 Å². The Hall–Kier alpha value is -2.37. The molecule has 37 heavy (non-hydrogen) atoms. The number of likely N-dealkylation sites (tertiary alicyclic amines) is 1. The number of hydrogen-bond acceptors (Lipinski definition) is 4. The highest BCUT2D eigenvalue weighted by Gasteiger charge is 2.59. The van der Waals surface area contributed by atoms with Crippen LogP contribution in [0.25, 0.3) is 0 Å². The summed E-state index contributed by atoms with van der Waals surface area (Å²) in [6, 6.07) is 18.5. The summed E-state index contributed by atoms with van der Waals surface area (Å²) >= 11 is 0. The number of carbonyl (C=O) groups excluding carboxylic acids is 1. The van der Waals surface area contributed by atoms with Crippen LogP contribution in [-0.4, -0.2) is 54.3 Å². The van der Waals surface area contributed by atoms with E-state index >= 15 is 0 Å². The van der Waals surface area contributed by atoms with Gasteiger partial charge in [0, 0.05) is 38.1 Å². The third-order valence-electron chi connectivity index (χ3n) is 9.28. The summed E-state index contributed by atoms with van der Waals surface area (Å²) in [5.74, 6) is 1.33. The van der Waals surface area contributed by atoms with Gasteiger partial charge in [0.1, 0.15) is 5.75 Å². The summed E-state index contributed by atoms with van der Waals surface area (Å²) < 4.78 is 6.46. The predicted octanol–water partition coefficient (Wildman–Crippen LogP) is 5.60. The van der Waals surface area contributed by atoms with E-state index in [1.54, 1.807) is 6.07 Å². The van der Waals surface area contributed by atoms with E-state index in [9.17, 15) is 9.90 Å². The number of phenols is 1. The fourth-order valence-corrected chi connectivity index (χ4v) is 7.08. The van der Waals surface area contributed by atoms with Crippen LogP contribution in [0.1, 0.15) is 75.3 Å². The molecule has 3 unspecified atom stereocenters. The van der Waals surface area contributed by atoms with E-state index in [1.165, 1.54) is 24.9 Å². The van der Waals surface area contributed by atoms with Gasteiger partial charge in [0.25, 0.3) is 0 Å². The number of nitrogens with one attached hydrogen (secondary N) is 1.